The summed E-state index contributed by atoms with van der Waals surface area (Å²) in [6, 6.07) is 0.742. The van der Waals surface area contributed by atoms with E-state index in [2.05, 4.69) is 31.1 Å². The molecule has 1 N–H and O–H groups in total. The Bertz CT molecular complexity index is 132. The van der Waals surface area contributed by atoms with Gasteiger partial charge in [-0.15, -0.1) is 0 Å². The van der Waals surface area contributed by atoms with Gasteiger partial charge in [-0.25, -0.2) is 0 Å². The summed E-state index contributed by atoms with van der Waals surface area (Å²) in [6.45, 7) is 8.32. The van der Waals surface area contributed by atoms with Crippen LogP contribution in [0.2, 0.25) is 0 Å². The number of hydrogen-bond donors (Lipinski definition) is 1. The van der Waals surface area contributed by atoms with Crippen molar-refractivity contribution in [2.24, 2.45) is 5.92 Å². The minimum absolute atomic E-state index is 0.742. The quantitative estimate of drug-likeness (QED) is 0.700. The Hall–Kier alpha value is -0.0800. The molecular formula is C11H24N2. The fraction of sp³-hybridized carbons (Fsp3) is 1.00. The van der Waals surface area contributed by atoms with Crippen molar-refractivity contribution in [3.8, 4) is 0 Å². The lowest BCUT2D eigenvalue weighted by molar-refractivity contribution is 0.373. The molecule has 1 atom stereocenters. The van der Waals surface area contributed by atoms with Crippen molar-refractivity contribution in [2.75, 3.05) is 26.7 Å². The number of likely N-dealkylation sites (tertiary alicyclic amines) is 1. The second-order valence-corrected chi connectivity index (χ2v) is 4.34. The van der Waals surface area contributed by atoms with Crippen molar-refractivity contribution in [3.05, 3.63) is 0 Å². The van der Waals surface area contributed by atoms with E-state index in [9.17, 15) is 0 Å². The number of nitrogens with one attached hydrogen (secondary N) is 1. The van der Waals surface area contributed by atoms with Gasteiger partial charge < -0.3 is 10.2 Å². The van der Waals surface area contributed by atoms with Crippen LogP contribution in [0.4, 0.5) is 0 Å². The second-order valence-electron chi connectivity index (χ2n) is 4.34. The normalized spacial score (nSPS) is 24.5. The predicted octanol–water partition coefficient (Wildman–Crippen LogP) is 1.72. The maximum Gasteiger partial charge on any atom is 0.00619 e. The Labute approximate surface area is 82.7 Å². The second kappa shape index (κ2) is 5.61. The summed E-state index contributed by atoms with van der Waals surface area (Å²) in [5.41, 5.74) is 0. The van der Waals surface area contributed by atoms with E-state index in [0.717, 1.165) is 12.0 Å². The highest BCUT2D eigenvalue weighted by Crippen LogP contribution is 2.13. The van der Waals surface area contributed by atoms with Gasteiger partial charge >= 0.3 is 0 Å². The smallest absolute Gasteiger partial charge is 0.00619 e. The minimum Gasteiger partial charge on any atom is -0.314 e. The number of rotatable bonds is 5. The van der Waals surface area contributed by atoms with Crippen LogP contribution in [0.15, 0.2) is 0 Å². The van der Waals surface area contributed by atoms with E-state index in [-0.39, 0.29) is 0 Å². The lowest BCUT2D eigenvalue weighted by Crippen LogP contribution is -2.33. The van der Waals surface area contributed by atoms with Crippen molar-refractivity contribution in [1.29, 1.82) is 0 Å². The highest BCUT2D eigenvalue weighted by molar-refractivity contribution is 4.76. The fourth-order valence-electron chi connectivity index (χ4n) is 2.10. The molecule has 0 bridgehead atoms. The lowest BCUT2D eigenvalue weighted by Gasteiger charge is -2.18. The first-order valence-corrected chi connectivity index (χ1v) is 5.68. The van der Waals surface area contributed by atoms with Crippen LogP contribution < -0.4 is 5.32 Å². The Morgan fingerprint density at radius 2 is 2.08 bits per heavy atom. The molecule has 1 aliphatic heterocycles. The van der Waals surface area contributed by atoms with E-state index >= 15 is 0 Å². The van der Waals surface area contributed by atoms with Gasteiger partial charge in [-0.05, 0) is 45.3 Å². The van der Waals surface area contributed by atoms with E-state index in [4.69, 9.17) is 0 Å². The molecule has 0 saturated carbocycles. The van der Waals surface area contributed by atoms with Crippen LogP contribution in [0, 0.1) is 5.92 Å². The average Bonchev–Trinajstić information content (AvgIpc) is 2.53. The molecule has 0 spiro atoms. The molecule has 0 aromatic carbocycles. The van der Waals surface area contributed by atoms with Crippen molar-refractivity contribution in [3.63, 3.8) is 0 Å². The van der Waals surface area contributed by atoms with E-state index in [1.165, 1.54) is 38.9 Å². The molecule has 1 unspecified atom stereocenters. The van der Waals surface area contributed by atoms with E-state index in [1.54, 1.807) is 0 Å². The zero-order chi connectivity index (χ0) is 9.68. The topological polar surface area (TPSA) is 15.3 Å². The first-order valence-electron chi connectivity index (χ1n) is 5.68. The molecule has 0 amide bonds. The molecule has 1 fully saturated rings. The van der Waals surface area contributed by atoms with Gasteiger partial charge in [0.2, 0.25) is 0 Å². The monoisotopic (exact) mass is 184 g/mol. The number of hydrogen-bond acceptors (Lipinski definition) is 2. The predicted molar refractivity (Wildman–Crippen MR) is 58.0 cm³/mol. The van der Waals surface area contributed by atoms with Gasteiger partial charge in [-0.3, -0.25) is 0 Å². The molecule has 0 aromatic heterocycles. The van der Waals surface area contributed by atoms with Crippen LogP contribution in [0.25, 0.3) is 0 Å². The molecule has 1 saturated heterocycles. The van der Waals surface area contributed by atoms with Gasteiger partial charge in [-0.1, -0.05) is 13.8 Å². The fourth-order valence-corrected chi connectivity index (χ4v) is 2.10. The largest absolute Gasteiger partial charge is 0.314 e. The Morgan fingerprint density at radius 3 is 2.54 bits per heavy atom. The lowest BCUT2D eigenvalue weighted by atomic mass is 10.1. The van der Waals surface area contributed by atoms with Crippen molar-refractivity contribution >= 4 is 0 Å². The summed E-state index contributed by atoms with van der Waals surface area (Å²) in [7, 11) is 2.22. The van der Waals surface area contributed by atoms with Gasteiger partial charge in [0.05, 0.1) is 0 Å². The molecule has 13 heavy (non-hydrogen) atoms. The molecule has 0 aliphatic carbocycles. The Balaban J connectivity index is 2.11. The van der Waals surface area contributed by atoms with Crippen molar-refractivity contribution < 1.29 is 0 Å². The molecule has 78 valence electrons. The summed E-state index contributed by atoms with van der Waals surface area (Å²) in [6.07, 6.45) is 3.90. The molecule has 0 radical (unpaired) electrons. The van der Waals surface area contributed by atoms with E-state index in [1.807, 2.05) is 0 Å². The third-order valence-corrected chi connectivity index (χ3v) is 3.17. The first kappa shape index (κ1) is 11.0. The molecule has 2 nitrogen and oxygen atoms in total. The molecular weight excluding hydrogens is 160 g/mol. The molecule has 2 heteroatoms. The molecule has 0 aromatic rings. The van der Waals surface area contributed by atoms with E-state index in [0.29, 0.717) is 0 Å². The van der Waals surface area contributed by atoms with Gasteiger partial charge in [0.25, 0.3) is 0 Å². The zero-order valence-corrected chi connectivity index (χ0v) is 9.34. The summed E-state index contributed by atoms with van der Waals surface area (Å²) in [5.74, 6) is 0.894. The van der Waals surface area contributed by atoms with Gasteiger partial charge in [0.15, 0.2) is 0 Å². The van der Waals surface area contributed by atoms with Crippen LogP contribution in [0.3, 0.4) is 0 Å². The Kier molecular flexibility index (Phi) is 4.74. The standard InChI is InChI=1S/C11H24N2/c1-4-11(5-2)12-8-10-6-7-13(3)9-10/h10-12H,4-9H2,1-3H3. The maximum atomic E-state index is 3.65. The number of nitrogens with zero attached hydrogens (tertiary/aromatic N) is 1. The van der Waals surface area contributed by atoms with Crippen molar-refractivity contribution in [1.82, 2.24) is 10.2 Å². The minimum atomic E-state index is 0.742. The molecule has 1 heterocycles. The summed E-state index contributed by atoms with van der Waals surface area (Å²) < 4.78 is 0. The van der Waals surface area contributed by atoms with Crippen LogP contribution in [0.1, 0.15) is 33.1 Å². The summed E-state index contributed by atoms with van der Waals surface area (Å²) in [4.78, 5) is 2.43. The van der Waals surface area contributed by atoms with Gasteiger partial charge in [0, 0.05) is 12.6 Å². The van der Waals surface area contributed by atoms with Gasteiger partial charge in [0.1, 0.15) is 0 Å². The molecule has 1 aliphatic rings. The van der Waals surface area contributed by atoms with Crippen LogP contribution in [-0.2, 0) is 0 Å². The average molecular weight is 184 g/mol. The first-order chi connectivity index (χ1) is 6.26. The van der Waals surface area contributed by atoms with Crippen molar-refractivity contribution in [2.45, 2.75) is 39.2 Å². The third-order valence-electron chi connectivity index (χ3n) is 3.17. The highest BCUT2D eigenvalue weighted by Gasteiger charge is 2.19. The van der Waals surface area contributed by atoms with E-state index < -0.39 is 0 Å². The molecule has 1 rings (SSSR count). The van der Waals surface area contributed by atoms with Crippen LogP contribution >= 0.6 is 0 Å². The van der Waals surface area contributed by atoms with Crippen LogP contribution in [-0.4, -0.2) is 37.6 Å². The third kappa shape index (κ3) is 3.65. The summed E-state index contributed by atoms with van der Waals surface area (Å²) >= 11 is 0. The Morgan fingerprint density at radius 1 is 1.38 bits per heavy atom. The van der Waals surface area contributed by atoms with Crippen LogP contribution in [0.5, 0.6) is 0 Å². The SMILES string of the molecule is CCC(CC)NCC1CCN(C)C1. The summed E-state index contributed by atoms with van der Waals surface area (Å²) in [5, 5.41) is 3.65. The highest BCUT2D eigenvalue weighted by atomic mass is 15.1. The zero-order valence-electron chi connectivity index (χ0n) is 9.34. The van der Waals surface area contributed by atoms with Gasteiger partial charge in [-0.2, -0.15) is 0 Å². The maximum absolute atomic E-state index is 3.65.